The van der Waals surface area contributed by atoms with Gasteiger partial charge in [-0.05, 0) is 22.0 Å². The molecule has 0 aliphatic carbocycles. The molecule has 3 N–H and O–H groups in total. The van der Waals surface area contributed by atoms with Crippen molar-refractivity contribution in [2.24, 2.45) is 5.73 Å². The van der Waals surface area contributed by atoms with Crippen molar-refractivity contribution in [3.05, 3.63) is 48.8 Å². The van der Waals surface area contributed by atoms with E-state index in [2.05, 4.69) is 26.1 Å². The molecule has 0 atom stereocenters. The Balaban J connectivity index is 2.28. The van der Waals surface area contributed by atoms with Crippen LogP contribution in [-0.2, 0) is 13.0 Å². The predicted octanol–water partition coefficient (Wildman–Crippen LogP) is 2.10. The van der Waals surface area contributed by atoms with Crippen LogP contribution in [0.2, 0.25) is 0 Å². The minimum Gasteiger partial charge on any atom is -0.327 e. The topological polar surface area (TPSA) is 76.7 Å². The highest BCUT2D eigenvalue weighted by Crippen LogP contribution is 2.21. The largest absolute Gasteiger partial charge is 0.343 e. The first kappa shape index (κ1) is 15.1. The SMILES string of the molecule is NCC(Cc1n[nH]c(=O)n1Cc1cc(Br)cs1)=C(F)F. The Hall–Kier alpha value is -1.32. The summed E-state index contributed by atoms with van der Waals surface area (Å²) in [4.78, 5) is 12.6. The average molecular weight is 365 g/mol. The van der Waals surface area contributed by atoms with E-state index in [1.54, 1.807) is 0 Å². The third-order valence-corrected chi connectivity index (χ3v) is 4.34. The van der Waals surface area contributed by atoms with Gasteiger partial charge in [0.2, 0.25) is 0 Å². The van der Waals surface area contributed by atoms with E-state index in [9.17, 15) is 13.6 Å². The van der Waals surface area contributed by atoms with Crippen molar-refractivity contribution in [2.75, 3.05) is 6.54 Å². The van der Waals surface area contributed by atoms with Gasteiger partial charge in [0.1, 0.15) is 5.82 Å². The number of nitrogens with two attached hydrogens (primary N) is 1. The molecular weight excluding hydrogens is 354 g/mol. The lowest BCUT2D eigenvalue weighted by Crippen LogP contribution is -2.20. The fourth-order valence-electron chi connectivity index (χ4n) is 1.65. The Morgan fingerprint density at radius 3 is 2.85 bits per heavy atom. The Morgan fingerprint density at radius 1 is 1.55 bits per heavy atom. The quantitative estimate of drug-likeness (QED) is 0.852. The highest BCUT2D eigenvalue weighted by atomic mass is 79.9. The molecule has 0 saturated carbocycles. The van der Waals surface area contributed by atoms with Gasteiger partial charge in [-0.1, -0.05) is 0 Å². The number of nitrogens with zero attached hydrogens (tertiary/aromatic N) is 2. The van der Waals surface area contributed by atoms with Crippen LogP contribution >= 0.6 is 27.3 Å². The minimum absolute atomic E-state index is 0.149. The maximum atomic E-state index is 12.6. The van der Waals surface area contributed by atoms with Crippen LogP contribution in [0, 0.1) is 0 Å². The lowest BCUT2D eigenvalue weighted by atomic mass is 10.2. The van der Waals surface area contributed by atoms with Gasteiger partial charge in [0.05, 0.1) is 6.54 Å². The molecule has 0 aromatic carbocycles. The zero-order chi connectivity index (χ0) is 14.7. The fraction of sp³-hybridized carbons (Fsp3) is 0.273. The maximum absolute atomic E-state index is 12.6. The molecule has 2 heterocycles. The number of aromatic amines is 1. The van der Waals surface area contributed by atoms with Crippen LogP contribution in [-0.4, -0.2) is 21.3 Å². The van der Waals surface area contributed by atoms with Crippen molar-refractivity contribution in [2.45, 2.75) is 13.0 Å². The number of aromatic nitrogens is 3. The predicted molar refractivity (Wildman–Crippen MR) is 76.0 cm³/mol. The van der Waals surface area contributed by atoms with Crippen molar-refractivity contribution in [1.29, 1.82) is 0 Å². The van der Waals surface area contributed by atoms with Crippen molar-refractivity contribution in [1.82, 2.24) is 14.8 Å². The van der Waals surface area contributed by atoms with Gasteiger partial charge in [-0.2, -0.15) is 13.9 Å². The second-order valence-electron chi connectivity index (χ2n) is 4.01. The molecule has 5 nitrogen and oxygen atoms in total. The van der Waals surface area contributed by atoms with E-state index < -0.39 is 11.8 Å². The molecule has 0 unspecified atom stereocenters. The first-order valence-corrected chi connectivity index (χ1v) is 7.28. The second-order valence-corrected chi connectivity index (χ2v) is 5.92. The van der Waals surface area contributed by atoms with E-state index in [1.165, 1.54) is 15.9 Å². The number of halogens is 3. The summed E-state index contributed by atoms with van der Waals surface area (Å²) < 4.78 is 27.5. The van der Waals surface area contributed by atoms with Gasteiger partial charge >= 0.3 is 5.69 Å². The van der Waals surface area contributed by atoms with Crippen molar-refractivity contribution >= 4 is 27.3 Å². The van der Waals surface area contributed by atoms with Gasteiger partial charge in [0.15, 0.2) is 0 Å². The number of hydrogen-bond donors (Lipinski definition) is 2. The third kappa shape index (κ3) is 3.41. The molecule has 2 rings (SSSR count). The molecule has 2 aromatic rings. The van der Waals surface area contributed by atoms with Crippen molar-refractivity contribution < 1.29 is 8.78 Å². The summed E-state index contributed by atoms with van der Waals surface area (Å²) >= 11 is 4.78. The average Bonchev–Trinajstić information content (AvgIpc) is 2.95. The fourth-order valence-corrected chi connectivity index (χ4v) is 3.09. The normalized spacial score (nSPS) is 10.8. The molecule has 20 heavy (non-hydrogen) atoms. The zero-order valence-electron chi connectivity index (χ0n) is 10.2. The molecule has 0 aliphatic rings. The van der Waals surface area contributed by atoms with Crippen LogP contribution in [0.5, 0.6) is 0 Å². The van der Waals surface area contributed by atoms with Crippen molar-refractivity contribution in [3.8, 4) is 0 Å². The van der Waals surface area contributed by atoms with Gasteiger partial charge in [0.25, 0.3) is 6.08 Å². The Bertz CT molecular complexity index is 687. The summed E-state index contributed by atoms with van der Waals surface area (Å²) in [7, 11) is 0. The molecule has 0 amide bonds. The van der Waals surface area contributed by atoms with E-state index in [4.69, 9.17) is 5.73 Å². The van der Waals surface area contributed by atoms with Crippen LogP contribution in [0.4, 0.5) is 8.78 Å². The molecule has 0 spiro atoms. The van der Waals surface area contributed by atoms with Gasteiger partial charge in [-0.3, -0.25) is 4.57 Å². The number of rotatable bonds is 5. The number of thiophene rings is 1. The van der Waals surface area contributed by atoms with Gasteiger partial charge in [-0.25, -0.2) is 9.89 Å². The molecule has 108 valence electrons. The maximum Gasteiger partial charge on any atom is 0.343 e. The van der Waals surface area contributed by atoms with E-state index in [0.717, 1.165) is 9.35 Å². The number of nitrogens with one attached hydrogen (secondary N) is 1. The van der Waals surface area contributed by atoms with Gasteiger partial charge < -0.3 is 5.73 Å². The lowest BCUT2D eigenvalue weighted by Gasteiger charge is -2.05. The smallest absolute Gasteiger partial charge is 0.327 e. The summed E-state index contributed by atoms with van der Waals surface area (Å²) in [5.41, 5.74) is 4.61. The molecule has 2 aromatic heterocycles. The van der Waals surface area contributed by atoms with Gasteiger partial charge in [-0.15, -0.1) is 11.3 Å². The Kier molecular flexibility index (Phi) is 4.84. The molecule has 0 radical (unpaired) electrons. The lowest BCUT2D eigenvalue weighted by molar-refractivity contribution is 0.407. The number of H-pyrrole nitrogens is 1. The summed E-state index contributed by atoms with van der Waals surface area (Å²) in [5, 5.41) is 7.94. The van der Waals surface area contributed by atoms with Crippen LogP contribution in [0.3, 0.4) is 0 Å². The third-order valence-electron chi connectivity index (χ3n) is 2.66. The van der Waals surface area contributed by atoms with Crippen molar-refractivity contribution in [3.63, 3.8) is 0 Å². The van der Waals surface area contributed by atoms with Crippen LogP contribution in [0.1, 0.15) is 10.7 Å². The van der Waals surface area contributed by atoms with E-state index >= 15 is 0 Å². The summed E-state index contributed by atoms with van der Waals surface area (Å²) in [6.45, 7) is 0.0145. The van der Waals surface area contributed by atoms with E-state index in [0.29, 0.717) is 0 Å². The number of hydrogen-bond acceptors (Lipinski definition) is 4. The molecule has 9 heteroatoms. The van der Waals surface area contributed by atoms with Crippen LogP contribution in [0.25, 0.3) is 0 Å². The highest BCUT2D eigenvalue weighted by Gasteiger charge is 2.14. The highest BCUT2D eigenvalue weighted by molar-refractivity contribution is 9.10. The Morgan fingerprint density at radius 2 is 2.30 bits per heavy atom. The second kappa shape index (κ2) is 6.42. The molecule has 0 aliphatic heterocycles. The zero-order valence-corrected chi connectivity index (χ0v) is 12.6. The standard InChI is InChI=1S/C11H11BrF2N4OS/c12-7-2-8(20-5-7)4-18-9(16-17-11(18)19)1-6(3-15)10(13)14/h2,5H,1,3-4,15H2,(H,17,19). The van der Waals surface area contributed by atoms with Crippen LogP contribution < -0.4 is 11.4 Å². The Labute approximate surface area is 125 Å². The van der Waals surface area contributed by atoms with Crippen LogP contribution in [0.15, 0.2) is 32.4 Å². The van der Waals surface area contributed by atoms with E-state index in [1.807, 2.05) is 11.4 Å². The molecule has 0 bridgehead atoms. The summed E-state index contributed by atoms with van der Waals surface area (Å²) in [6.07, 6.45) is -1.97. The molecule has 0 fully saturated rings. The van der Waals surface area contributed by atoms with E-state index in [-0.39, 0.29) is 30.9 Å². The summed E-state index contributed by atoms with van der Waals surface area (Å²) in [6, 6.07) is 1.86. The monoisotopic (exact) mass is 364 g/mol. The molecular formula is C11H11BrF2N4OS. The first-order valence-electron chi connectivity index (χ1n) is 5.61. The summed E-state index contributed by atoms with van der Waals surface area (Å²) in [5.74, 6) is 0.243. The first-order chi connectivity index (χ1) is 9.51. The molecule has 0 saturated heterocycles. The minimum atomic E-state index is -1.83. The van der Waals surface area contributed by atoms with Gasteiger partial charge in [0, 0.05) is 33.3 Å².